The molecular weight excluding hydrogens is 366 g/mol. The molecule has 0 saturated heterocycles. The molecule has 0 bridgehead atoms. The molecule has 0 aliphatic heterocycles. The van der Waals surface area contributed by atoms with Crippen LogP contribution in [0.3, 0.4) is 0 Å². The highest BCUT2D eigenvalue weighted by Crippen LogP contribution is 2.13. The maximum absolute atomic E-state index is 12.4. The number of ether oxygens (including phenoxy) is 2. The number of carbonyl (C=O) groups is 4. The third-order valence-corrected chi connectivity index (χ3v) is 3.76. The Bertz CT molecular complexity index is 702. The van der Waals surface area contributed by atoms with Crippen molar-refractivity contribution in [3.05, 3.63) is 29.8 Å². The van der Waals surface area contributed by atoms with Crippen molar-refractivity contribution in [1.29, 1.82) is 0 Å². The number of hydrogen-bond donors (Lipinski definition) is 3. The van der Waals surface area contributed by atoms with Crippen LogP contribution in [-0.4, -0.2) is 49.6 Å². The van der Waals surface area contributed by atoms with Crippen LogP contribution in [0.2, 0.25) is 0 Å². The van der Waals surface area contributed by atoms with E-state index in [1.807, 2.05) is 12.2 Å². The lowest BCUT2D eigenvalue weighted by atomic mass is 10.0. The minimum atomic E-state index is -1.20. The molecule has 3 N–H and O–H groups in total. The molecule has 28 heavy (non-hydrogen) atoms. The standard InChI is InChI=1S/C19H27N3O6/c1-6-27-14-9-7-13(8-10-14)17(24)21-15(11(2)3)18(25)28-12(4)16(23)22-19(26)20-5/h7-12,15H,6H2,1-5H3,(H,21,24)(H2,20,22,23,26)/t12?,15-/m0/s1. The average Bonchev–Trinajstić information content (AvgIpc) is 2.66. The van der Waals surface area contributed by atoms with Gasteiger partial charge in [-0.05, 0) is 44.0 Å². The first kappa shape index (κ1) is 22.9. The summed E-state index contributed by atoms with van der Waals surface area (Å²) in [5.41, 5.74) is 0.354. The lowest BCUT2D eigenvalue weighted by Crippen LogP contribution is -2.49. The molecule has 1 aromatic carbocycles. The van der Waals surface area contributed by atoms with Crippen molar-refractivity contribution in [3.8, 4) is 5.75 Å². The normalized spacial score (nSPS) is 12.5. The fourth-order valence-electron chi connectivity index (χ4n) is 2.17. The summed E-state index contributed by atoms with van der Waals surface area (Å²) in [6, 6.07) is 4.82. The van der Waals surface area contributed by atoms with Crippen LogP contribution >= 0.6 is 0 Å². The Kier molecular flexibility index (Phi) is 8.94. The van der Waals surface area contributed by atoms with Gasteiger partial charge >= 0.3 is 12.0 Å². The molecule has 0 spiro atoms. The quantitative estimate of drug-likeness (QED) is 0.571. The average molecular weight is 393 g/mol. The Morgan fingerprint density at radius 3 is 2.14 bits per heavy atom. The van der Waals surface area contributed by atoms with E-state index in [1.165, 1.54) is 14.0 Å². The topological polar surface area (TPSA) is 123 Å². The van der Waals surface area contributed by atoms with Crippen molar-refractivity contribution in [1.82, 2.24) is 16.0 Å². The summed E-state index contributed by atoms with van der Waals surface area (Å²) in [6.07, 6.45) is -1.20. The van der Waals surface area contributed by atoms with Crippen molar-refractivity contribution < 1.29 is 28.7 Å². The molecule has 4 amide bonds. The number of imide groups is 1. The largest absolute Gasteiger partial charge is 0.494 e. The Morgan fingerprint density at radius 1 is 1.04 bits per heavy atom. The first-order valence-electron chi connectivity index (χ1n) is 8.96. The van der Waals surface area contributed by atoms with Gasteiger partial charge in [-0.3, -0.25) is 14.9 Å². The molecule has 154 valence electrons. The van der Waals surface area contributed by atoms with Crippen molar-refractivity contribution in [2.75, 3.05) is 13.7 Å². The molecule has 1 unspecified atom stereocenters. The van der Waals surface area contributed by atoms with Crippen LogP contribution in [0, 0.1) is 5.92 Å². The minimum Gasteiger partial charge on any atom is -0.494 e. The van der Waals surface area contributed by atoms with Gasteiger partial charge in [0, 0.05) is 12.6 Å². The Labute approximate surface area is 164 Å². The minimum absolute atomic E-state index is 0.284. The summed E-state index contributed by atoms with van der Waals surface area (Å²) in [5, 5.41) is 6.86. The van der Waals surface area contributed by atoms with Gasteiger partial charge in [-0.1, -0.05) is 13.8 Å². The number of hydrogen-bond acceptors (Lipinski definition) is 6. The van der Waals surface area contributed by atoms with E-state index in [2.05, 4.69) is 10.6 Å². The zero-order valence-corrected chi connectivity index (χ0v) is 16.7. The summed E-state index contributed by atoms with van der Waals surface area (Å²) in [5.74, 6) is -1.65. The highest BCUT2D eigenvalue weighted by molar-refractivity contribution is 5.98. The van der Waals surface area contributed by atoms with Crippen LogP contribution in [0.15, 0.2) is 24.3 Å². The monoisotopic (exact) mass is 393 g/mol. The molecule has 9 heteroatoms. The second kappa shape index (κ2) is 10.9. The smallest absolute Gasteiger partial charge is 0.329 e. The van der Waals surface area contributed by atoms with Gasteiger partial charge in [0.2, 0.25) is 0 Å². The van der Waals surface area contributed by atoms with Gasteiger partial charge in [0.05, 0.1) is 6.61 Å². The molecule has 9 nitrogen and oxygen atoms in total. The maximum atomic E-state index is 12.4. The number of rotatable bonds is 8. The molecule has 0 fully saturated rings. The SMILES string of the molecule is CCOc1ccc(C(=O)N[C@H](C(=O)OC(C)C(=O)NC(=O)NC)C(C)C)cc1. The van der Waals surface area contributed by atoms with E-state index in [0.717, 1.165) is 0 Å². The Hall–Kier alpha value is -3.10. The fourth-order valence-corrected chi connectivity index (χ4v) is 2.17. The van der Waals surface area contributed by atoms with Gasteiger partial charge in [-0.25, -0.2) is 9.59 Å². The number of amides is 4. The van der Waals surface area contributed by atoms with Gasteiger partial charge in [0.1, 0.15) is 11.8 Å². The van der Waals surface area contributed by atoms with Gasteiger partial charge in [0.15, 0.2) is 6.10 Å². The summed E-state index contributed by atoms with van der Waals surface area (Å²) in [7, 11) is 1.35. The molecule has 0 radical (unpaired) electrons. The summed E-state index contributed by atoms with van der Waals surface area (Å²) < 4.78 is 10.4. The second-order valence-corrected chi connectivity index (χ2v) is 6.30. The molecule has 1 aromatic rings. The second-order valence-electron chi connectivity index (χ2n) is 6.30. The number of urea groups is 1. The van der Waals surface area contributed by atoms with E-state index in [-0.39, 0.29) is 5.92 Å². The van der Waals surface area contributed by atoms with E-state index in [0.29, 0.717) is 17.9 Å². The van der Waals surface area contributed by atoms with E-state index in [9.17, 15) is 19.2 Å². The zero-order chi connectivity index (χ0) is 21.3. The van der Waals surface area contributed by atoms with Gasteiger partial charge in [0.25, 0.3) is 11.8 Å². The molecule has 1 rings (SSSR count). The Morgan fingerprint density at radius 2 is 1.64 bits per heavy atom. The third kappa shape index (κ3) is 6.90. The molecule has 0 aromatic heterocycles. The number of benzene rings is 1. The summed E-state index contributed by atoms with van der Waals surface area (Å²) in [6.45, 7) is 7.18. The fraction of sp³-hybridized carbons (Fsp3) is 0.474. The van der Waals surface area contributed by atoms with Gasteiger partial charge in [-0.2, -0.15) is 0 Å². The van der Waals surface area contributed by atoms with E-state index in [4.69, 9.17) is 9.47 Å². The molecule has 0 heterocycles. The van der Waals surface area contributed by atoms with Gasteiger partial charge < -0.3 is 20.1 Å². The molecule has 0 saturated carbocycles. The summed E-state index contributed by atoms with van der Waals surface area (Å²) >= 11 is 0. The van der Waals surface area contributed by atoms with Crippen LogP contribution in [-0.2, 0) is 14.3 Å². The summed E-state index contributed by atoms with van der Waals surface area (Å²) in [4.78, 5) is 47.9. The molecule has 0 aliphatic carbocycles. The van der Waals surface area contributed by atoms with Crippen molar-refractivity contribution in [2.45, 2.75) is 39.8 Å². The zero-order valence-electron chi connectivity index (χ0n) is 16.7. The van der Waals surface area contributed by atoms with Gasteiger partial charge in [-0.15, -0.1) is 0 Å². The van der Waals surface area contributed by atoms with Crippen molar-refractivity contribution in [2.24, 2.45) is 5.92 Å². The lowest BCUT2D eigenvalue weighted by Gasteiger charge is -2.23. The van der Waals surface area contributed by atoms with E-state index >= 15 is 0 Å². The maximum Gasteiger partial charge on any atom is 0.329 e. The predicted molar refractivity (Wildman–Crippen MR) is 102 cm³/mol. The predicted octanol–water partition coefficient (Wildman–Crippen LogP) is 1.23. The highest BCUT2D eigenvalue weighted by atomic mass is 16.5. The molecule has 2 atom stereocenters. The van der Waals surface area contributed by atoms with E-state index in [1.54, 1.807) is 38.1 Å². The van der Waals surface area contributed by atoms with Crippen LogP contribution in [0.5, 0.6) is 5.75 Å². The third-order valence-electron chi connectivity index (χ3n) is 3.76. The van der Waals surface area contributed by atoms with Crippen LogP contribution < -0.4 is 20.7 Å². The first-order chi connectivity index (χ1) is 13.2. The number of carbonyl (C=O) groups excluding carboxylic acids is 4. The molecule has 0 aliphatic rings. The van der Waals surface area contributed by atoms with Crippen molar-refractivity contribution in [3.63, 3.8) is 0 Å². The number of nitrogens with one attached hydrogen (secondary N) is 3. The van der Waals surface area contributed by atoms with Crippen LogP contribution in [0.4, 0.5) is 4.79 Å². The van der Waals surface area contributed by atoms with Crippen LogP contribution in [0.25, 0.3) is 0 Å². The van der Waals surface area contributed by atoms with E-state index < -0.39 is 36.0 Å². The molecular formula is C19H27N3O6. The Balaban J connectivity index is 2.75. The van der Waals surface area contributed by atoms with Crippen molar-refractivity contribution >= 4 is 23.8 Å². The lowest BCUT2D eigenvalue weighted by molar-refractivity contribution is -0.157. The highest BCUT2D eigenvalue weighted by Gasteiger charge is 2.29. The van der Waals surface area contributed by atoms with Crippen LogP contribution in [0.1, 0.15) is 38.1 Å². The number of esters is 1. The first-order valence-corrected chi connectivity index (χ1v) is 8.96.